The number of carbonyl (C=O) groups is 1. The maximum Gasteiger partial charge on any atom is 0.416 e. The van der Waals surface area contributed by atoms with Crippen LogP contribution in [0.3, 0.4) is 0 Å². The molecule has 0 unspecified atom stereocenters. The molecular formula is C23H14Br2F3NO2. The molecule has 0 atom stereocenters. The molecule has 8 heteroatoms. The van der Waals surface area contributed by atoms with Crippen LogP contribution in [0.1, 0.15) is 22.3 Å². The topological polar surface area (TPSA) is 38.3 Å². The number of amides is 1. The average Bonchev–Trinajstić information content (AvgIpc) is 3.02. The van der Waals surface area contributed by atoms with E-state index in [1.807, 2.05) is 24.3 Å². The molecule has 0 saturated heterocycles. The maximum absolute atomic E-state index is 12.9. The molecule has 0 aliphatic carbocycles. The van der Waals surface area contributed by atoms with Crippen LogP contribution in [0.5, 0.6) is 5.75 Å². The SMILES string of the molecule is O=C1Nc2cc(C(F)(F)F)ccc2/C1=C\c1ccc(OCc2ccc(Br)cc2)c(Br)c1. The van der Waals surface area contributed by atoms with E-state index in [9.17, 15) is 18.0 Å². The summed E-state index contributed by atoms with van der Waals surface area (Å²) in [4.78, 5) is 12.3. The van der Waals surface area contributed by atoms with Gasteiger partial charge in [0.2, 0.25) is 0 Å². The van der Waals surface area contributed by atoms with Gasteiger partial charge in [-0.2, -0.15) is 13.2 Å². The van der Waals surface area contributed by atoms with Crippen LogP contribution in [0.2, 0.25) is 0 Å². The van der Waals surface area contributed by atoms with E-state index >= 15 is 0 Å². The van der Waals surface area contributed by atoms with E-state index in [1.165, 1.54) is 6.07 Å². The van der Waals surface area contributed by atoms with Gasteiger partial charge in [0, 0.05) is 21.3 Å². The molecule has 1 N–H and O–H groups in total. The number of rotatable bonds is 4. The third-order valence-electron chi connectivity index (χ3n) is 4.70. The Balaban J connectivity index is 1.55. The smallest absolute Gasteiger partial charge is 0.416 e. The van der Waals surface area contributed by atoms with Crippen LogP contribution in [-0.4, -0.2) is 5.91 Å². The number of alkyl halides is 3. The Morgan fingerprint density at radius 1 is 0.968 bits per heavy atom. The first-order chi connectivity index (χ1) is 14.7. The summed E-state index contributed by atoms with van der Waals surface area (Å²) < 4.78 is 46.3. The fourth-order valence-electron chi connectivity index (χ4n) is 3.15. The van der Waals surface area contributed by atoms with Gasteiger partial charge in [0.1, 0.15) is 12.4 Å². The van der Waals surface area contributed by atoms with Gasteiger partial charge in [0.15, 0.2) is 0 Å². The summed E-state index contributed by atoms with van der Waals surface area (Å²) in [6.45, 7) is 0.392. The molecule has 0 fully saturated rings. The lowest BCUT2D eigenvalue weighted by Gasteiger charge is -2.09. The minimum atomic E-state index is -4.47. The van der Waals surface area contributed by atoms with Crippen molar-refractivity contribution in [3.8, 4) is 5.75 Å². The quantitative estimate of drug-likeness (QED) is 0.345. The molecule has 0 radical (unpaired) electrons. The van der Waals surface area contributed by atoms with E-state index in [0.717, 1.165) is 22.2 Å². The minimum Gasteiger partial charge on any atom is -0.488 e. The number of hydrogen-bond donors (Lipinski definition) is 1. The van der Waals surface area contributed by atoms with Crippen molar-refractivity contribution in [2.75, 3.05) is 5.32 Å². The third-order valence-corrected chi connectivity index (χ3v) is 5.85. The van der Waals surface area contributed by atoms with Gasteiger partial charge in [0.25, 0.3) is 5.91 Å². The van der Waals surface area contributed by atoms with Crippen LogP contribution in [-0.2, 0) is 17.6 Å². The fraction of sp³-hybridized carbons (Fsp3) is 0.0870. The Kier molecular flexibility index (Phi) is 5.94. The molecule has 3 aromatic rings. The summed E-state index contributed by atoms with van der Waals surface area (Å²) in [6, 6.07) is 16.4. The molecule has 0 aromatic heterocycles. The molecule has 3 aromatic carbocycles. The van der Waals surface area contributed by atoms with E-state index < -0.39 is 17.6 Å². The van der Waals surface area contributed by atoms with Crippen LogP contribution < -0.4 is 10.1 Å². The summed E-state index contributed by atoms with van der Waals surface area (Å²) >= 11 is 6.86. The molecule has 4 rings (SSSR count). The number of nitrogens with one attached hydrogen (secondary N) is 1. The summed E-state index contributed by atoms with van der Waals surface area (Å²) in [5.41, 5.74) is 1.81. The molecule has 0 saturated carbocycles. The highest BCUT2D eigenvalue weighted by molar-refractivity contribution is 9.10. The van der Waals surface area contributed by atoms with Crippen molar-refractivity contribution in [2.24, 2.45) is 0 Å². The Hall–Kier alpha value is -2.58. The van der Waals surface area contributed by atoms with Crippen LogP contribution >= 0.6 is 31.9 Å². The van der Waals surface area contributed by atoms with Crippen molar-refractivity contribution in [1.82, 2.24) is 0 Å². The van der Waals surface area contributed by atoms with Crippen molar-refractivity contribution in [1.29, 1.82) is 0 Å². The van der Waals surface area contributed by atoms with E-state index in [1.54, 1.807) is 24.3 Å². The van der Waals surface area contributed by atoms with Crippen LogP contribution in [0.25, 0.3) is 11.6 Å². The molecule has 0 bridgehead atoms. The van der Waals surface area contributed by atoms with Crippen LogP contribution in [0.15, 0.2) is 69.6 Å². The first kappa shape index (κ1) is 21.6. The first-order valence-electron chi connectivity index (χ1n) is 9.12. The monoisotopic (exact) mass is 551 g/mol. The van der Waals surface area contributed by atoms with Gasteiger partial charge in [-0.15, -0.1) is 0 Å². The van der Waals surface area contributed by atoms with Crippen molar-refractivity contribution in [2.45, 2.75) is 12.8 Å². The fourth-order valence-corrected chi connectivity index (χ4v) is 3.92. The zero-order valence-corrected chi connectivity index (χ0v) is 18.9. The Bertz CT molecular complexity index is 1190. The van der Waals surface area contributed by atoms with Crippen LogP contribution in [0, 0.1) is 0 Å². The van der Waals surface area contributed by atoms with Gasteiger partial charge in [-0.05, 0) is 69.5 Å². The van der Waals surface area contributed by atoms with E-state index in [0.29, 0.717) is 33.5 Å². The lowest BCUT2D eigenvalue weighted by molar-refractivity contribution is -0.137. The highest BCUT2D eigenvalue weighted by Crippen LogP contribution is 2.39. The second-order valence-corrected chi connectivity index (χ2v) is 8.65. The lowest BCUT2D eigenvalue weighted by atomic mass is 10.0. The summed E-state index contributed by atoms with van der Waals surface area (Å²) in [7, 11) is 0. The van der Waals surface area contributed by atoms with Gasteiger partial charge in [-0.25, -0.2) is 0 Å². The molecule has 1 aliphatic heterocycles. The number of benzene rings is 3. The highest BCUT2D eigenvalue weighted by atomic mass is 79.9. The molecule has 31 heavy (non-hydrogen) atoms. The number of anilines is 1. The predicted molar refractivity (Wildman–Crippen MR) is 121 cm³/mol. The molecular weight excluding hydrogens is 539 g/mol. The Morgan fingerprint density at radius 3 is 2.39 bits per heavy atom. The summed E-state index contributed by atoms with van der Waals surface area (Å²) in [6.07, 6.45) is -2.83. The number of ether oxygens (including phenoxy) is 1. The second kappa shape index (κ2) is 8.51. The largest absolute Gasteiger partial charge is 0.488 e. The number of hydrogen-bond acceptors (Lipinski definition) is 2. The molecule has 1 amide bonds. The number of fused-ring (bicyclic) bond motifs is 1. The first-order valence-corrected chi connectivity index (χ1v) is 10.7. The van der Waals surface area contributed by atoms with Crippen molar-refractivity contribution < 1.29 is 22.7 Å². The summed E-state index contributed by atoms with van der Waals surface area (Å²) in [5.74, 6) is 0.192. The standard InChI is InChI=1S/C23H14Br2F3NO2/c24-16-5-1-13(2-6-16)12-31-21-8-3-14(10-19(21)25)9-18-17-7-4-15(23(26,27)28)11-20(17)29-22(18)30/h1-11H,12H2,(H,29,30)/b18-9+. The molecule has 1 aliphatic rings. The van der Waals surface area contributed by atoms with Gasteiger partial charge < -0.3 is 10.1 Å². The number of carbonyl (C=O) groups excluding carboxylic acids is 1. The predicted octanol–water partition coefficient (Wildman–Crippen LogP) is 7.30. The number of halogens is 5. The zero-order chi connectivity index (χ0) is 22.2. The van der Waals surface area contributed by atoms with Crippen molar-refractivity contribution >= 4 is 55.1 Å². The van der Waals surface area contributed by atoms with Gasteiger partial charge in [0.05, 0.1) is 10.0 Å². The van der Waals surface area contributed by atoms with Crippen molar-refractivity contribution in [3.05, 3.63) is 91.9 Å². The average molecular weight is 553 g/mol. The Labute approximate surface area is 193 Å². The molecule has 0 spiro atoms. The lowest BCUT2D eigenvalue weighted by Crippen LogP contribution is -2.06. The van der Waals surface area contributed by atoms with E-state index in [2.05, 4.69) is 37.2 Å². The highest BCUT2D eigenvalue weighted by Gasteiger charge is 2.33. The van der Waals surface area contributed by atoms with Gasteiger partial charge in [-0.3, -0.25) is 4.79 Å². The van der Waals surface area contributed by atoms with E-state index in [-0.39, 0.29) is 5.69 Å². The molecule has 3 nitrogen and oxygen atoms in total. The van der Waals surface area contributed by atoms with E-state index in [4.69, 9.17) is 4.74 Å². The van der Waals surface area contributed by atoms with Gasteiger partial charge in [-0.1, -0.05) is 40.2 Å². The zero-order valence-electron chi connectivity index (χ0n) is 15.8. The molecule has 1 heterocycles. The summed E-state index contributed by atoms with van der Waals surface area (Å²) in [5, 5.41) is 2.50. The third kappa shape index (κ3) is 4.85. The van der Waals surface area contributed by atoms with Crippen molar-refractivity contribution in [3.63, 3.8) is 0 Å². The van der Waals surface area contributed by atoms with Gasteiger partial charge >= 0.3 is 6.18 Å². The molecule has 158 valence electrons. The second-order valence-electron chi connectivity index (χ2n) is 6.88. The maximum atomic E-state index is 12.9. The van der Waals surface area contributed by atoms with Crippen LogP contribution in [0.4, 0.5) is 18.9 Å². The normalized spacial score (nSPS) is 14.5. The minimum absolute atomic E-state index is 0.152. The Morgan fingerprint density at radius 2 is 1.71 bits per heavy atom.